The van der Waals surface area contributed by atoms with Gasteiger partial charge >= 0.3 is 0 Å². The smallest absolute Gasteiger partial charge is 0.135 e. The second kappa shape index (κ2) is 15.8. The molecule has 0 atom stereocenters. The van der Waals surface area contributed by atoms with Gasteiger partial charge in [0, 0.05) is 27.7 Å². The molecule has 0 aliphatic heterocycles. The van der Waals surface area contributed by atoms with Crippen molar-refractivity contribution in [2.45, 2.75) is 0 Å². The summed E-state index contributed by atoms with van der Waals surface area (Å²) in [6.45, 7) is 0. The molecule has 12 aromatic rings. The maximum atomic E-state index is 6.17. The van der Waals surface area contributed by atoms with E-state index in [0.717, 1.165) is 72.4 Å². The molecular weight excluding hydrogens is 775 g/mol. The van der Waals surface area contributed by atoms with Gasteiger partial charge in [-0.2, -0.15) is 0 Å². The summed E-state index contributed by atoms with van der Waals surface area (Å²) in [4.78, 5) is 2.42. The minimum atomic E-state index is 0.899. The number of rotatable bonds is 8. The van der Waals surface area contributed by atoms with E-state index in [1.54, 1.807) is 0 Å². The van der Waals surface area contributed by atoms with Gasteiger partial charge in [-0.3, -0.25) is 0 Å². The average Bonchev–Trinajstić information content (AvgIpc) is 3.75. The fourth-order valence-electron chi connectivity index (χ4n) is 9.31. The molecule has 11 aromatic carbocycles. The number of benzene rings is 11. The zero-order valence-corrected chi connectivity index (χ0v) is 35.0. The predicted octanol–water partition coefficient (Wildman–Crippen LogP) is 17.7. The van der Waals surface area contributed by atoms with E-state index >= 15 is 0 Å². The largest absolute Gasteiger partial charge is 0.456 e. The lowest BCUT2D eigenvalue weighted by Gasteiger charge is -2.29. The van der Waals surface area contributed by atoms with Crippen molar-refractivity contribution in [1.82, 2.24) is 0 Å². The summed E-state index contributed by atoms with van der Waals surface area (Å²) in [5.74, 6) is 0. The maximum absolute atomic E-state index is 6.17. The lowest BCUT2D eigenvalue weighted by molar-refractivity contribution is 0.669. The van der Waals surface area contributed by atoms with Crippen LogP contribution in [0.25, 0.3) is 99.1 Å². The zero-order chi connectivity index (χ0) is 42.4. The van der Waals surface area contributed by atoms with Crippen molar-refractivity contribution in [2.24, 2.45) is 0 Å². The van der Waals surface area contributed by atoms with E-state index in [4.69, 9.17) is 4.42 Å². The van der Waals surface area contributed by atoms with Gasteiger partial charge in [-0.25, -0.2) is 0 Å². The van der Waals surface area contributed by atoms with Crippen LogP contribution in [-0.4, -0.2) is 0 Å². The summed E-state index contributed by atoms with van der Waals surface area (Å²) in [5.41, 5.74) is 16.7. The number of anilines is 3. The Labute approximate surface area is 372 Å². The van der Waals surface area contributed by atoms with Crippen molar-refractivity contribution in [3.63, 3.8) is 0 Å². The molecule has 0 saturated heterocycles. The summed E-state index contributed by atoms with van der Waals surface area (Å²) in [6, 6.07) is 90.0. The Morgan fingerprint density at radius 1 is 0.250 bits per heavy atom. The Hall–Kier alpha value is -8.46. The van der Waals surface area contributed by atoms with Gasteiger partial charge in [0.2, 0.25) is 0 Å². The molecule has 0 aliphatic carbocycles. The Morgan fingerprint density at radius 2 is 0.703 bits per heavy atom. The highest BCUT2D eigenvalue weighted by Gasteiger charge is 2.20. The molecule has 1 heterocycles. The van der Waals surface area contributed by atoms with E-state index in [0.29, 0.717) is 0 Å². The van der Waals surface area contributed by atoms with Crippen LogP contribution >= 0.6 is 0 Å². The summed E-state index contributed by atoms with van der Waals surface area (Å²) in [7, 11) is 0. The van der Waals surface area contributed by atoms with E-state index in [-0.39, 0.29) is 0 Å². The van der Waals surface area contributed by atoms with Crippen LogP contribution in [0.1, 0.15) is 0 Å². The third-order valence-corrected chi connectivity index (χ3v) is 12.6. The molecule has 300 valence electrons. The monoisotopic (exact) mass is 815 g/mol. The van der Waals surface area contributed by atoms with E-state index < -0.39 is 0 Å². The number of hydrogen-bond donors (Lipinski definition) is 0. The van der Waals surface area contributed by atoms with Crippen LogP contribution in [-0.2, 0) is 0 Å². The number of para-hydroxylation sites is 1. The number of furan rings is 1. The third kappa shape index (κ3) is 6.88. The normalized spacial score (nSPS) is 11.4. The predicted molar refractivity (Wildman–Crippen MR) is 271 cm³/mol. The maximum Gasteiger partial charge on any atom is 0.135 e. The molecule has 0 saturated carbocycles. The Bertz CT molecular complexity index is 3660. The van der Waals surface area contributed by atoms with E-state index in [1.165, 1.54) is 43.8 Å². The highest BCUT2D eigenvalue weighted by atomic mass is 16.3. The Morgan fingerprint density at radius 3 is 1.36 bits per heavy atom. The van der Waals surface area contributed by atoms with Crippen LogP contribution < -0.4 is 4.90 Å². The molecule has 2 nitrogen and oxygen atoms in total. The molecule has 0 spiro atoms. The highest BCUT2D eigenvalue weighted by Crippen LogP contribution is 2.44. The SMILES string of the molecule is c1ccc(-c2ccc(-c3ccc4ccccc4c3)cc2N(c2ccc(-c3cccc(-c4ccc5ccccc5c4)c3)cc2)c2ccc(-c3ccc4oc5ccccc5c4c3)cc2)cc1. The van der Waals surface area contributed by atoms with E-state index in [1.807, 2.05) is 12.1 Å². The van der Waals surface area contributed by atoms with Gasteiger partial charge in [-0.05, 0) is 138 Å². The Balaban J connectivity index is 0.984. The van der Waals surface area contributed by atoms with Crippen LogP contribution in [0.15, 0.2) is 253 Å². The first-order valence-electron chi connectivity index (χ1n) is 21.9. The number of nitrogens with zero attached hydrogens (tertiary/aromatic N) is 1. The molecule has 0 bridgehead atoms. The minimum Gasteiger partial charge on any atom is -0.456 e. The van der Waals surface area contributed by atoms with Gasteiger partial charge in [0.1, 0.15) is 11.2 Å². The molecule has 1 aromatic heterocycles. The van der Waals surface area contributed by atoms with Crippen LogP contribution in [0.5, 0.6) is 0 Å². The number of hydrogen-bond acceptors (Lipinski definition) is 2. The highest BCUT2D eigenvalue weighted by molar-refractivity contribution is 6.06. The first-order chi connectivity index (χ1) is 31.7. The molecule has 0 N–H and O–H groups in total. The zero-order valence-electron chi connectivity index (χ0n) is 35.0. The van der Waals surface area contributed by atoms with Crippen molar-refractivity contribution >= 4 is 60.5 Å². The summed E-state index contributed by atoms with van der Waals surface area (Å²) in [5, 5.41) is 7.21. The second-order valence-electron chi connectivity index (χ2n) is 16.5. The molecule has 12 rings (SSSR count). The van der Waals surface area contributed by atoms with Crippen molar-refractivity contribution < 1.29 is 4.42 Å². The lowest BCUT2D eigenvalue weighted by atomic mass is 9.95. The van der Waals surface area contributed by atoms with Gasteiger partial charge < -0.3 is 9.32 Å². The van der Waals surface area contributed by atoms with Gasteiger partial charge in [-0.1, -0.05) is 182 Å². The van der Waals surface area contributed by atoms with E-state index in [2.05, 4.69) is 241 Å². The molecule has 0 aliphatic rings. The van der Waals surface area contributed by atoms with E-state index in [9.17, 15) is 0 Å². The van der Waals surface area contributed by atoms with Crippen LogP contribution in [0.2, 0.25) is 0 Å². The Kier molecular flexibility index (Phi) is 9.20. The first kappa shape index (κ1) is 37.3. The topological polar surface area (TPSA) is 16.4 Å². The van der Waals surface area contributed by atoms with Crippen molar-refractivity contribution in [3.8, 4) is 55.6 Å². The fourth-order valence-corrected chi connectivity index (χ4v) is 9.31. The lowest BCUT2D eigenvalue weighted by Crippen LogP contribution is -2.11. The van der Waals surface area contributed by atoms with Crippen molar-refractivity contribution in [2.75, 3.05) is 4.90 Å². The van der Waals surface area contributed by atoms with Crippen molar-refractivity contribution in [3.05, 3.63) is 249 Å². The summed E-state index contributed by atoms with van der Waals surface area (Å²) >= 11 is 0. The van der Waals surface area contributed by atoms with Crippen LogP contribution in [0.3, 0.4) is 0 Å². The standard InChI is InChI=1S/C62H41NO/c1-2-13-46(14-3-1)57-35-29-54(52-24-22-43-12-5-7-16-48(43)39-52)41-60(57)63(56-33-27-45(28-34-56)53-30-36-62-59(40-53)58-19-8-9-20-61(58)64-62)55-31-25-44(26-32-55)49-17-10-18-50(37-49)51-23-21-42-11-4-6-15-47(42)38-51/h1-41H. The molecule has 0 unspecified atom stereocenters. The van der Waals surface area contributed by atoms with Gasteiger partial charge in [0.05, 0.1) is 5.69 Å². The fraction of sp³-hybridized carbons (Fsp3) is 0. The third-order valence-electron chi connectivity index (χ3n) is 12.6. The second-order valence-corrected chi connectivity index (χ2v) is 16.5. The molecule has 2 heteroatoms. The minimum absolute atomic E-state index is 0.899. The molecule has 0 radical (unpaired) electrons. The molecule has 0 amide bonds. The van der Waals surface area contributed by atoms with Gasteiger partial charge in [0.25, 0.3) is 0 Å². The average molecular weight is 816 g/mol. The van der Waals surface area contributed by atoms with Crippen molar-refractivity contribution in [1.29, 1.82) is 0 Å². The molecule has 64 heavy (non-hydrogen) atoms. The van der Waals surface area contributed by atoms with Crippen LogP contribution in [0.4, 0.5) is 17.1 Å². The summed E-state index contributed by atoms with van der Waals surface area (Å²) in [6.07, 6.45) is 0. The molecular formula is C62H41NO. The summed E-state index contributed by atoms with van der Waals surface area (Å²) < 4.78 is 6.17. The van der Waals surface area contributed by atoms with Gasteiger partial charge in [0.15, 0.2) is 0 Å². The first-order valence-corrected chi connectivity index (χ1v) is 21.9. The quantitative estimate of drug-likeness (QED) is 0.152. The van der Waals surface area contributed by atoms with Crippen LogP contribution in [0, 0.1) is 0 Å². The molecule has 0 fully saturated rings. The van der Waals surface area contributed by atoms with Gasteiger partial charge in [-0.15, -0.1) is 0 Å². The number of fused-ring (bicyclic) bond motifs is 5.